The van der Waals surface area contributed by atoms with Gasteiger partial charge in [-0.1, -0.05) is 221 Å². The fourth-order valence-electron chi connectivity index (χ4n) is 7.13. The first-order valence-corrected chi connectivity index (χ1v) is 26.7. The van der Waals surface area contributed by atoms with Gasteiger partial charge in [-0.05, 0) is 96.3 Å². The molecule has 0 aliphatic heterocycles. The van der Waals surface area contributed by atoms with Crippen molar-refractivity contribution in [2.24, 2.45) is 0 Å². The zero-order valence-electron chi connectivity index (χ0n) is 42.2. The van der Waals surface area contributed by atoms with Crippen LogP contribution in [0.5, 0.6) is 0 Å². The molecular weight excluding hydrogens is 805 g/mol. The summed E-state index contributed by atoms with van der Waals surface area (Å²) in [5.41, 5.74) is 0. The van der Waals surface area contributed by atoms with Gasteiger partial charge in [0.05, 0.1) is 0 Å². The summed E-state index contributed by atoms with van der Waals surface area (Å²) in [7, 11) is 0. The summed E-state index contributed by atoms with van der Waals surface area (Å²) in [6.07, 6.45) is 69.7. The molecule has 0 spiro atoms. The summed E-state index contributed by atoms with van der Waals surface area (Å²) in [6, 6.07) is 0. The van der Waals surface area contributed by atoms with Crippen LogP contribution in [-0.4, -0.2) is 37.2 Å². The molecule has 65 heavy (non-hydrogen) atoms. The van der Waals surface area contributed by atoms with Crippen LogP contribution in [0.2, 0.25) is 0 Å². The molecule has 0 aromatic heterocycles. The number of ether oxygens (including phenoxy) is 3. The van der Waals surface area contributed by atoms with E-state index in [-0.39, 0.29) is 37.5 Å². The normalized spacial score (nSPS) is 12.8. The second kappa shape index (κ2) is 52.9. The minimum Gasteiger partial charge on any atom is -0.462 e. The Labute approximate surface area is 400 Å². The van der Waals surface area contributed by atoms with E-state index in [1.807, 2.05) is 0 Å². The second-order valence-electron chi connectivity index (χ2n) is 17.4. The Hall–Kier alpha value is -3.67. The highest BCUT2D eigenvalue weighted by molar-refractivity contribution is 5.71. The van der Waals surface area contributed by atoms with Gasteiger partial charge in [0.1, 0.15) is 13.2 Å². The molecule has 0 radical (unpaired) electrons. The van der Waals surface area contributed by atoms with E-state index in [9.17, 15) is 14.4 Å². The Morgan fingerprint density at radius 3 is 0.954 bits per heavy atom. The van der Waals surface area contributed by atoms with Crippen molar-refractivity contribution in [1.29, 1.82) is 0 Å². The van der Waals surface area contributed by atoms with Gasteiger partial charge in [0.25, 0.3) is 0 Å². The van der Waals surface area contributed by atoms with Gasteiger partial charge in [0.15, 0.2) is 6.10 Å². The number of unbranched alkanes of at least 4 members (excludes halogenated alkanes) is 20. The summed E-state index contributed by atoms with van der Waals surface area (Å²) in [5, 5.41) is 0. The summed E-state index contributed by atoms with van der Waals surface area (Å²) in [5.74, 6) is -0.935. The number of rotatable bonds is 47. The van der Waals surface area contributed by atoms with Gasteiger partial charge < -0.3 is 14.2 Å². The maximum atomic E-state index is 12.8. The lowest BCUT2D eigenvalue weighted by molar-refractivity contribution is -0.167. The van der Waals surface area contributed by atoms with E-state index in [2.05, 4.69) is 118 Å². The minimum absolute atomic E-state index is 0.0922. The van der Waals surface area contributed by atoms with Crippen LogP contribution in [0.3, 0.4) is 0 Å². The number of hydrogen-bond donors (Lipinski definition) is 0. The fraction of sp³-hybridized carbons (Fsp3) is 0.678. The van der Waals surface area contributed by atoms with E-state index in [0.29, 0.717) is 12.8 Å². The minimum atomic E-state index is -0.796. The van der Waals surface area contributed by atoms with Gasteiger partial charge in [-0.3, -0.25) is 14.4 Å². The summed E-state index contributed by atoms with van der Waals surface area (Å²) in [6.45, 7) is 6.36. The predicted molar refractivity (Wildman–Crippen MR) is 279 cm³/mol. The first-order valence-electron chi connectivity index (χ1n) is 26.7. The monoisotopic (exact) mass is 903 g/mol. The van der Waals surface area contributed by atoms with Crippen LogP contribution in [0.25, 0.3) is 0 Å². The van der Waals surface area contributed by atoms with Gasteiger partial charge in [0.2, 0.25) is 0 Å². The van der Waals surface area contributed by atoms with E-state index in [4.69, 9.17) is 14.2 Å². The molecule has 370 valence electrons. The van der Waals surface area contributed by atoms with Crippen LogP contribution in [0.15, 0.2) is 97.2 Å². The first kappa shape index (κ1) is 61.3. The molecule has 6 heteroatoms. The van der Waals surface area contributed by atoms with Gasteiger partial charge in [-0.25, -0.2) is 0 Å². The predicted octanol–water partition coefficient (Wildman–Crippen LogP) is 17.8. The molecule has 0 N–H and O–H groups in total. The lowest BCUT2D eigenvalue weighted by Gasteiger charge is -2.18. The number of allylic oxidation sites excluding steroid dienone is 16. The molecular formula is C59H98O6. The average Bonchev–Trinajstić information content (AvgIpc) is 3.30. The maximum absolute atomic E-state index is 12.8. The average molecular weight is 903 g/mol. The third-order valence-electron chi connectivity index (χ3n) is 11.1. The molecule has 0 aliphatic carbocycles. The van der Waals surface area contributed by atoms with E-state index < -0.39 is 6.10 Å². The number of carbonyl (C=O) groups is 3. The largest absolute Gasteiger partial charge is 0.462 e. The van der Waals surface area contributed by atoms with Crippen LogP contribution in [-0.2, 0) is 28.6 Å². The zero-order valence-corrected chi connectivity index (χ0v) is 42.2. The molecule has 0 saturated carbocycles. The lowest BCUT2D eigenvalue weighted by atomic mass is 10.1. The SMILES string of the molecule is CC/C=C\C/C=C\C/C=C\C/C=C\C/C=C\CCCCCCCCCC(=O)OCC(COC(=O)CCCCCCCCCCCCC)OC(=O)CCCCC/C=C\C/C=C\C/C=C\CC. The van der Waals surface area contributed by atoms with Crippen molar-refractivity contribution in [3.63, 3.8) is 0 Å². The van der Waals surface area contributed by atoms with Crippen molar-refractivity contribution in [1.82, 2.24) is 0 Å². The van der Waals surface area contributed by atoms with Crippen LogP contribution in [0, 0.1) is 0 Å². The second-order valence-corrected chi connectivity index (χ2v) is 17.4. The molecule has 0 bridgehead atoms. The lowest BCUT2D eigenvalue weighted by Crippen LogP contribution is -2.30. The Morgan fingerprint density at radius 1 is 0.323 bits per heavy atom. The molecule has 0 aliphatic rings. The smallest absolute Gasteiger partial charge is 0.306 e. The molecule has 1 atom stereocenters. The first-order chi connectivity index (χ1) is 32.0. The van der Waals surface area contributed by atoms with Gasteiger partial charge in [0, 0.05) is 19.3 Å². The van der Waals surface area contributed by atoms with Crippen LogP contribution < -0.4 is 0 Å². The molecule has 6 nitrogen and oxygen atoms in total. The zero-order chi connectivity index (χ0) is 47.2. The molecule has 0 saturated heterocycles. The topological polar surface area (TPSA) is 78.9 Å². The molecule has 0 aromatic carbocycles. The molecule has 1 unspecified atom stereocenters. The fourth-order valence-corrected chi connectivity index (χ4v) is 7.13. The van der Waals surface area contributed by atoms with Gasteiger partial charge in [-0.15, -0.1) is 0 Å². The van der Waals surface area contributed by atoms with Crippen molar-refractivity contribution < 1.29 is 28.6 Å². The molecule has 0 amide bonds. The number of carbonyl (C=O) groups excluding carboxylic acids is 3. The third-order valence-corrected chi connectivity index (χ3v) is 11.1. The summed E-state index contributed by atoms with van der Waals surface area (Å²) in [4.78, 5) is 38.0. The molecule has 0 rings (SSSR count). The molecule has 0 fully saturated rings. The van der Waals surface area contributed by atoms with Crippen molar-refractivity contribution in [2.75, 3.05) is 13.2 Å². The van der Waals surface area contributed by atoms with Crippen molar-refractivity contribution >= 4 is 17.9 Å². The summed E-state index contributed by atoms with van der Waals surface area (Å²) >= 11 is 0. The van der Waals surface area contributed by atoms with E-state index in [1.165, 1.54) is 77.0 Å². The summed E-state index contributed by atoms with van der Waals surface area (Å²) < 4.78 is 16.8. The highest BCUT2D eigenvalue weighted by atomic mass is 16.6. The van der Waals surface area contributed by atoms with Gasteiger partial charge >= 0.3 is 17.9 Å². The Bertz CT molecular complexity index is 1310. The molecule has 0 heterocycles. The maximum Gasteiger partial charge on any atom is 0.306 e. The van der Waals surface area contributed by atoms with E-state index in [1.54, 1.807) is 0 Å². The Balaban J connectivity index is 4.36. The highest BCUT2D eigenvalue weighted by Crippen LogP contribution is 2.14. The number of esters is 3. The van der Waals surface area contributed by atoms with Crippen molar-refractivity contribution in [3.8, 4) is 0 Å². The highest BCUT2D eigenvalue weighted by Gasteiger charge is 2.19. The van der Waals surface area contributed by atoms with Crippen molar-refractivity contribution in [3.05, 3.63) is 97.2 Å². The van der Waals surface area contributed by atoms with Crippen LogP contribution >= 0.6 is 0 Å². The Morgan fingerprint density at radius 2 is 0.600 bits per heavy atom. The van der Waals surface area contributed by atoms with Crippen LogP contribution in [0.4, 0.5) is 0 Å². The third kappa shape index (κ3) is 51.2. The van der Waals surface area contributed by atoms with Crippen molar-refractivity contribution in [2.45, 2.75) is 245 Å². The Kier molecular flexibility index (Phi) is 50.0. The van der Waals surface area contributed by atoms with E-state index >= 15 is 0 Å². The number of hydrogen-bond acceptors (Lipinski definition) is 6. The van der Waals surface area contributed by atoms with Gasteiger partial charge in [-0.2, -0.15) is 0 Å². The molecule has 0 aromatic rings. The standard InChI is InChI=1S/C59H98O6/c1-4-7-10-13-16-19-22-24-25-26-27-28-29-30-31-32-33-35-37-40-43-46-49-52-58(61)64-55-56(54-63-57(60)51-48-45-42-39-36-21-18-15-12-9-6-3)65-59(62)53-50-47-44-41-38-34-23-20-17-14-11-8-5-2/h7-8,10-11,16-17,19-20,24-25,27-28,30-31,34,38,56H,4-6,9,12-15,18,21-23,26,29,32-33,35-37,39-55H2,1-3H3/b10-7-,11-8-,19-16-,20-17-,25-24-,28-27-,31-30-,38-34-. The van der Waals surface area contributed by atoms with E-state index in [0.717, 1.165) is 122 Å². The van der Waals surface area contributed by atoms with Crippen LogP contribution in [0.1, 0.15) is 239 Å². The quantitative estimate of drug-likeness (QED) is 0.0262.